The number of hydrogen-bond acceptors (Lipinski definition) is 3. The molecule has 3 rings (SSSR count). The van der Waals surface area contributed by atoms with Crippen molar-refractivity contribution in [2.24, 2.45) is 0 Å². The van der Waals surface area contributed by atoms with E-state index in [4.69, 9.17) is 10.5 Å². The van der Waals surface area contributed by atoms with Gasteiger partial charge in [0.25, 0.3) is 5.91 Å². The first-order valence-corrected chi connectivity index (χ1v) is 8.30. The number of benzene rings is 2. The van der Waals surface area contributed by atoms with Crippen LogP contribution in [0.15, 0.2) is 42.5 Å². The Balaban J connectivity index is 1.61. The second-order valence-corrected chi connectivity index (χ2v) is 6.28. The Labute approximate surface area is 149 Å². The highest BCUT2D eigenvalue weighted by atomic mass is 19.4. The monoisotopic (exact) mass is 364 g/mol. The second kappa shape index (κ2) is 7.27. The molecule has 0 aromatic heterocycles. The van der Waals surface area contributed by atoms with E-state index in [0.29, 0.717) is 5.69 Å². The van der Waals surface area contributed by atoms with Crippen LogP contribution in [0.4, 0.5) is 18.9 Å². The number of anilines is 1. The lowest BCUT2D eigenvalue weighted by Crippen LogP contribution is -2.34. The number of nitrogens with one attached hydrogen (secondary N) is 1. The van der Waals surface area contributed by atoms with Gasteiger partial charge in [-0.3, -0.25) is 4.79 Å². The first kappa shape index (κ1) is 18.1. The maximum absolute atomic E-state index is 12.7. The van der Waals surface area contributed by atoms with Crippen molar-refractivity contribution in [3.63, 3.8) is 0 Å². The highest BCUT2D eigenvalue weighted by Gasteiger charge is 2.30. The number of rotatable bonds is 4. The quantitative estimate of drug-likeness (QED) is 0.810. The molecule has 138 valence electrons. The van der Waals surface area contributed by atoms with Gasteiger partial charge in [0, 0.05) is 5.69 Å². The summed E-state index contributed by atoms with van der Waals surface area (Å²) in [6, 6.07) is 9.94. The number of ether oxygens (including phenoxy) is 1. The molecule has 1 atom stereocenters. The van der Waals surface area contributed by atoms with Crippen LogP contribution in [0.25, 0.3) is 0 Å². The molecule has 0 bridgehead atoms. The summed E-state index contributed by atoms with van der Waals surface area (Å²) in [5, 5.41) is 2.88. The van der Waals surface area contributed by atoms with E-state index >= 15 is 0 Å². The molecule has 1 aliphatic rings. The zero-order valence-electron chi connectivity index (χ0n) is 14.0. The summed E-state index contributed by atoms with van der Waals surface area (Å²) in [5.74, 6) is -0.371. The minimum absolute atomic E-state index is 0.00629. The van der Waals surface area contributed by atoms with E-state index in [1.54, 1.807) is 6.07 Å². The Kier molecular flexibility index (Phi) is 5.06. The first-order chi connectivity index (χ1) is 12.3. The van der Waals surface area contributed by atoms with Crippen LogP contribution in [-0.2, 0) is 17.4 Å². The molecule has 0 spiro atoms. The molecule has 0 aliphatic heterocycles. The molecule has 4 nitrogen and oxygen atoms in total. The third-order valence-electron chi connectivity index (χ3n) is 4.35. The lowest BCUT2D eigenvalue weighted by atomic mass is 9.87. The third-order valence-corrected chi connectivity index (χ3v) is 4.35. The summed E-state index contributed by atoms with van der Waals surface area (Å²) < 4.78 is 43.3. The number of nitrogen functional groups attached to an aromatic ring is 1. The van der Waals surface area contributed by atoms with Gasteiger partial charge in [-0.2, -0.15) is 13.2 Å². The molecule has 26 heavy (non-hydrogen) atoms. The molecule has 0 saturated carbocycles. The topological polar surface area (TPSA) is 64.3 Å². The first-order valence-electron chi connectivity index (χ1n) is 8.30. The zero-order chi connectivity index (χ0) is 18.7. The van der Waals surface area contributed by atoms with Gasteiger partial charge in [-0.1, -0.05) is 12.1 Å². The van der Waals surface area contributed by atoms with Crippen LogP contribution in [0.5, 0.6) is 5.75 Å². The van der Waals surface area contributed by atoms with E-state index in [9.17, 15) is 18.0 Å². The van der Waals surface area contributed by atoms with Crippen molar-refractivity contribution in [3.05, 3.63) is 59.2 Å². The molecule has 1 amide bonds. The van der Waals surface area contributed by atoms with E-state index in [1.165, 1.54) is 12.1 Å². The molecule has 3 N–H and O–H groups in total. The van der Waals surface area contributed by atoms with Crippen LogP contribution in [0.1, 0.15) is 35.6 Å². The molecular weight excluding hydrogens is 345 g/mol. The predicted octanol–water partition coefficient (Wildman–Crippen LogP) is 3.86. The summed E-state index contributed by atoms with van der Waals surface area (Å²) in [4.78, 5) is 12.2. The fourth-order valence-electron chi connectivity index (χ4n) is 3.13. The van der Waals surface area contributed by atoms with Crippen LogP contribution in [-0.4, -0.2) is 12.5 Å². The molecule has 2 aromatic rings. The van der Waals surface area contributed by atoms with Crippen molar-refractivity contribution in [1.82, 2.24) is 5.32 Å². The Morgan fingerprint density at radius 1 is 1.23 bits per heavy atom. The largest absolute Gasteiger partial charge is 0.484 e. The van der Waals surface area contributed by atoms with Crippen molar-refractivity contribution < 1.29 is 22.7 Å². The van der Waals surface area contributed by atoms with Gasteiger partial charge in [-0.15, -0.1) is 0 Å². The van der Waals surface area contributed by atoms with E-state index in [2.05, 4.69) is 5.32 Å². The predicted molar refractivity (Wildman–Crippen MR) is 91.6 cm³/mol. The average Bonchev–Trinajstić information content (AvgIpc) is 2.59. The standard InChI is InChI=1S/C19H19F3N2O2/c20-19(21,22)13-4-2-5-15(10-13)26-11-18(25)24-17-6-1-3-12-9-14(23)7-8-16(12)17/h2,4-5,7-10,17H,1,3,6,11,23H2,(H,24,25). The van der Waals surface area contributed by atoms with E-state index in [0.717, 1.165) is 42.5 Å². The lowest BCUT2D eigenvalue weighted by molar-refractivity contribution is -0.137. The van der Waals surface area contributed by atoms with Gasteiger partial charge in [0.05, 0.1) is 11.6 Å². The number of fused-ring (bicyclic) bond motifs is 1. The van der Waals surface area contributed by atoms with Crippen molar-refractivity contribution >= 4 is 11.6 Å². The molecule has 0 fully saturated rings. The minimum Gasteiger partial charge on any atom is -0.484 e. The maximum atomic E-state index is 12.7. The van der Waals surface area contributed by atoms with Crippen LogP contribution in [0.2, 0.25) is 0 Å². The Morgan fingerprint density at radius 3 is 2.81 bits per heavy atom. The second-order valence-electron chi connectivity index (χ2n) is 6.28. The van der Waals surface area contributed by atoms with Gasteiger partial charge in [0.1, 0.15) is 5.75 Å². The van der Waals surface area contributed by atoms with Crippen molar-refractivity contribution in [3.8, 4) is 5.75 Å². The van der Waals surface area contributed by atoms with Gasteiger partial charge in [0.2, 0.25) is 0 Å². The minimum atomic E-state index is -4.45. The summed E-state index contributed by atoms with van der Waals surface area (Å²) in [6.07, 6.45) is -1.81. The van der Waals surface area contributed by atoms with Crippen LogP contribution in [0, 0.1) is 0 Å². The van der Waals surface area contributed by atoms with Gasteiger partial charge in [-0.25, -0.2) is 0 Å². The fraction of sp³-hybridized carbons (Fsp3) is 0.316. The summed E-state index contributed by atoms with van der Waals surface area (Å²) in [6.45, 7) is -0.345. The van der Waals surface area contributed by atoms with Crippen molar-refractivity contribution in [1.29, 1.82) is 0 Å². The van der Waals surface area contributed by atoms with Gasteiger partial charge >= 0.3 is 6.18 Å². The number of halogens is 3. The summed E-state index contributed by atoms with van der Waals surface area (Å²) in [7, 11) is 0. The molecule has 0 saturated heterocycles. The molecule has 1 aliphatic carbocycles. The maximum Gasteiger partial charge on any atom is 0.416 e. The normalized spacial score (nSPS) is 16.7. The highest BCUT2D eigenvalue weighted by molar-refractivity contribution is 5.78. The molecule has 0 radical (unpaired) electrons. The SMILES string of the molecule is Nc1ccc2c(c1)CCCC2NC(=O)COc1cccc(C(F)(F)F)c1. The van der Waals surface area contributed by atoms with E-state index in [-0.39, 0.29) is 24.3 Å². The average molecular weight is 364 g/mol. The van der Waals surface area contributed by atoms with Crippen LogP contribution >= 0.6 is 0 Å². The van der Waals surface area contributed by atoms with Gasteiger partial charge in [0.15, 0.2) is 6.61 Å². The highest BCUT2D eigenvalue weighted by Crippen LogP contribution is 2.32. The number of aryl methyl sites for hydroxylation is 1. The molecule has 1 unspecified atom stereocenters. The van der Waals surface area contributed by atoms with Crippen LogP contribution in [0.3, 0.4) is 0 Å². The van der Waals surface area contributed by atoms with Crippen molar-refractivity contribution in [2.75, 3.05) is 12.3 Å². The van der Waals surface area contributed by atoms with Gasteiger partial charge < -0.3 is 15.8 Å². The number of amides is 1. The molecule has 2 aromatic carbocycles. The molecular formula is C19H19F3N2O2. The smallest absolute Gasteiger partial charge is 0.416 e. The Bertz CT molecular complexity index is 806. The van der Waals surface area contributed by atoms with Crippen molar-refractivity contribution in [2.45, 2.75) is 31.5 Å². The van der Waals surface area contributed by atoms with E-state index < -0.39 is 11.7 Å². The number of carbonyl (C=O) groups excluding carboxylic acids is 1. The fourth-order valence-corrected chi connectivity index (χ4v) is 3.13. The van der Waals surface area contributed by atoms with Crippen LogP contribution < -0.4 is 15.8 Å². The number of alkyl halides is 3. The number of carbonyl (C=O) groups is 1. The summed E-state index contributed by atoms with van der Waals surface area (Å²) >= 11 is 0. The number of nitrogens with two attached hydrogens (primary N) is 1. The Morgan fingerprint density at radius 2 is 2.04 bits per heavy atom. The molecule has 0 heterocycles. The third kappa shape index (κ3) is 4.28. The number of hydrogen-bond donors (Lipinski definition) is 2. The summed E-state index contributed by atoms with van der Waals surface area (Å²) in [5.41, 5.74) is 7.81. The van der Waals surface area contributed by atoms with Gasteiger partial charge in [-0.05, 0) is 60.7 Å². The lowest BCUT2D eigenvalue weighted by Gasteiger charge is -2.26. The zero-order valence-corrected chi connectivity index (χ0v) is 14.0. The molecule has 7 heteroatoms. The Hall–Kier alpha value is -2.70. The van der Waals surface area contributed by atoms with E-state index in [1.807, 2.05) is 12.1 Å².